The van der Waals surface area contributed by atoms with Gasteiger partial charge in [0, 0.05) is 11.3 Å². The van der Waals surface area contributed by atoms with E-state index < -0.39 is 0 Å². The summed E-state index contributed by atoms with van der Waals surface area (Å²) in [5, 5.41) is 12.2. The molecule has 0 saturated heterocycles. The molecule has 1 unspecified atom stereocenters. The molecule has 0 aromatic rings. The number of thioether (sulfide) groups is 1. The third-order valence-corrected chi connectivity index (χ3v) is 2.34. The van der Waals surface area contributed by atoms with E-state index in [0.717, 1.165) is 12.3 Å². The summed E-state index contributed by atoms with van der Waals surface area (Å²) in [4.78, 5) is 0. The molecule has 0 fully saturated rings. The van der Waals surface area contributed by atoms with Crippen LogP contribution in [0.25, 0.3) is 0 Å². The first-order valence-electron chi connectivity index (χ1n) is 3.53. The molecule has 2 N–H and O–H groups in total. The van der Waals surface area contributed by atoms with Gasteiger partial charge in [0.1, 0.15) is 0 Å². The highest BCUT2D eigenvalue weighted by atomic mass is 32.2. The van der Waals surface area contributed by atoms with Gasteiger partial charge in [0.15, 0.2) is 0 Å². The first-order valence-corrected chi connectivity index (χ1v) is 4.92. The van der Waals surface area contributed by atoms with E-state index in [9.17, 15) is 0 Å². The second-order valence-corrected chi connectivity index (χ2v) is 3.55. The fraction of sp³-hybridized carbons (Fsp3) is 1.00. The Morgan fingerprint density at radius 1 is 1.60 bits per heavy atom. The maximum Gasteiger partial charge on any atom is 0.0618 e. The van der Waals surface area contributed by atoms with Gasteiger partial charge < -0.3 is 10.4 Å². The van der Waals surface area contributed by atoms with Crippen molar-refractivity contribution in [1.29, 1.82) is 0 Å². The second kappa shape index (κ2) is 4.99. The number of nitrogens with one attached hydrogen (secondary N) is 1. The van der Waals surface area contributed by atoms with Crippen LogP contribution in [0, 0.1) is 0 Å². The standard InChI is InChI=1S/C7H17NOS/c1-4-8-7(2,5-9)6-10-3/h8-9H,4-6H2,1-3H3. The molecule has 62 valence electrons. The van der Waals surface area contributed by atoms with Gasteiger partial charge in [-0.05, 0) is 19.7 Å². The quantitative estimate of drug-likeness (QED) is 0.626. The first kappa shape index (κ1) is 10.3. The van der Waals surface area contributed by atoms with E-state index in [1.807, 2.05) is 20.1 Å². The van der Waals surface area contributed by atoms with Gasteiger partial charge in [0.25, 0.3) is 0 Å². The van der Waals surface area contributed by atoms with Crippen LogP contribution in [0.1, 0.15) is 13.8 Å². The van der Waals surface area contributed by atoms with Gasteiger partial charge in [-0.1, -0.05) is 6.92 Å². The van der Waals surface area contributed by atoms with Crippen molar-refractivity contribution in [2.24, 2.45) is 0 Å². The zero-order chi connectivity index (χ0) is 8.04. The molecule has 2 nitrogen and oxygen atoms in total. The van der Waals surface area contributed by atoms with E-state index in [2.05, 4.69) is 5.32 Å². The van der Waals surface area contributed by atoms with Crippen LogP contribution in [-0.4, -0.2) is 35.8 Å². The van der Waals surface area contributed by atoms with E-state index in [1.165, 1.54) is 0 Å². The molecule has 0 heterocycles. The fourth-order valence-electron chi connectivity index (χ4n) is 0.898. The van der Waals surface area contributed by atoms with E-state index in [0.29, 0.717) is 0 Å². The normalized spacial score (nSPS) is 16.8. The topological polar surface area (TPSA) is 32.3 Å². The number of likely N-dealkylation sites (N-methyl/N-ethyl adjacent to an activating group) is 1. The first-order chi connectivity index (χ1) is 4.68. The summed E-state index contributed by atoms with van der Waals surface area (Å²) in [5.74, 6) is 0.956. The Balaban J connectivity index is 3.69. The zero-order valence-electron chi connectivity index (χ0n) is 6.98. The molecule has 0 aliphatic rings. The number of aliphatic hydroxyl groups excluding tert-OH is 1. The molecule has 0 saturated carbocycles. The third-order valence-electron chi connectivity index (χ3n) is 1.42. The SMILES string of the molecule is CCNC(C)(CO)CSC. The lowest BCUT2D eigenvalue weighted by Gasteiger charge is -2.27. The highest BCUT2D eigenvalue weighted by Gasteiger charge is 2.20. The van der Waals surface area contributed by atoms with Crippen molar-refractivity contribution in [3.05, 3.63) is 0 Å². The molecule has 0 aliphatic heterocycles. The van der Waals surface area contributed by atoms with E-state index in [1.54, 1.807) is 11.8 Å². The van der Waals surface area contributed by atoms with Crippen LogP contribution in [0.2, 0.25) is 0 Å². The van der Waals surface area contributed by atoms with Crippen molar-refractivity contribution in [2.75, 3.05) is 25.2 Å². The fourth-order valence-corrected chi connectivity index (χ4v) is 1.73. The number of aliphatic hydroxyl groups is 1. The molecular weight excluding hydrogens is 146 g/mol. The van der Waals surface area contributed by atoms with Gasteiger partial charge in [-0.3, -0.25) is 0 Å². The minimum Gasteiger partial charge on any atom is -0.394 e. The van der Waals surface area contributed by atoms with Gasteiger partial charge in [0.2, 0.25) is 0 Å². The molecule has 1 atom stereocenters. The summed E-state index contributed by atoms with van der Waals surface area (Å²) >= 11 is 1.75. The van der Waals surface area contributed by atoms with Crippen LogP contribution in [0.5, 0.6) is 0 Å². The van der Waals surface area contributed by atoms with Gasteiger partial charge in [-0.25, -0.2) is 0 Å². The monoisotopic (exact) mass is 163 g/mol. The highest BCUT2D eigenvalue weighted by molar-refractivity contribution is 7.98. The summed E-state index contributed by atoms with van der Waals surface area (Å²) in [5.41, 5.74) is -0.0891. The van der Waals surface area contributed by atoms with Crippen LogP contribution in [0.4, 0.5) is 0 Å². The van der Waals surface area contributed by atoms with Crippen LogP contribution in [0.3, 0.4) is 0 Å². The number of hydrogen-bond acceptors (Lipinski definition) is 3. The maximum atomic E-state index is 8.97. The molecule has 10 heavy (non-hydrogen) atoms. The number of hydrogen-bond donors (Lipinski definition) is 2. The van der Waals surface area contributed by atoms with Gasteiger partial charge in [0.05, 0.1) is 6.61 Å². The lowest BCUT2D eigenvalue weighted by atomic mass is 10.1. The minimum absolute atomic E-state index is 0.0891. The van der Waals surface area contributed by atoms with E-state index in [4.69, 9.17) is 5.11 Å². The molecule has 0 spiro atoms. The van der Waals surface area contributed by atoms with E-state index in [-0.39, 0.29) is 12.1 Å². The summed E-state index contributed by atoms with van der Waals surface area (Å²) in [6, 6.07) is 0. The van der Waals surface area contributed by atoms with Gasteiger partial charge in [-0.15, -0.1) is 0 Å². The van der Waals surface area contributed by atoms with Crippen molar-refractivity contribution < 1.29 is 5.11 Å². The summed E-state index contributed by atoms with van der Waals surface area (Å²) in [6.45, 7) is 5.21. The smallest absolute Gasteiger partial charge is 0.0618 e. The van der Waals surface area contributed by atoms with Crippen molar-refractivity contribution in [3.8, 4) is 0 Å². The molecule has 0 rings (SSSR count). The van der Waals surface area contributed by atoms with Crippen molar-refractivity contribution in [3.63, 3.8) is 0 Å². The van der Waals surface area contributed by atoms with Crippen molar-refractivity contribution in [2.45, 2.75) is 19.4 Å². The maximum absolute atomic E-state index is 8.97. The molecule has 0 aromatic carbocycles. The average Bonchev–Trinajstić information content (AvgIpc) is 1.89. The third kappa shape index (κ3) is 3.44. The largest absolute Gasteiger partial charge is 0.394 e. The second-order valence-electron chi connectivity index (χ2n) is 2.68. The van der Waals surface area contributed by atoms with Crippen molar-refractivity contribution >= 4 is 11.8 Å². The average molecular weight is 163 g/mol. The predicted molar refractivity (Wildman–Crippen MR) is 47.5 cm³/mol. The Morgan fingerprint density at radius 2 is 2.20 bits per heavy atom. The van der Waals surface area contributed by atoms with Crippen LogP contribution in [-0.2, 0) is 0 Å². The Bertz CT molecular complexity index is 81.7. The van der Waals surface area contributed by atoms with Crippen LogP contribution < -0.4 is 5.32 Å². The highest BCUT2D eigenvalue weighted by Crippen LogP contribution is 2.09. The number of rotatable bonds is 5. The molecule has 0 amide bonds. The lowest BCUT2D eigenvalue weighted by Crippen LogP contribution is -2.47. The van der Waals surface area contributed by atoms with Crippen LogP contribution in [0.15, 0.2) is 0 Å². The van der Waals surface area contributed by atoms with E-state index >= 15 is 0 Å². The predicted octanol–water partition coefficient (Wildman–Crippen LogP) is 0.710. The van der Waals surface area contributed by atoms with Gasteiger partial charge in [-0.2, -0.15) is 11.8 Å². The Kier molecular flexibility index (Phi) is 5.13. The van der Waals surface area contributed by atoms with Gasteiger partial charge >= 0.3 is 0 Å². The van der Waals surface area contributed by atoms with Crippen LogP contribution >= 0.6 is 11.8 Å². The summed E-state index contributed by atoms with van der Waals surface area (Å²) in [6.07, 6.45) is 2.05. The summed E-state index contributed by atoms with van der Waals surface area (Å²) in [7, 11) is 0. The Hall–Kier alpha value is 0.270. The minimum atomic E-state index is -0.0891. The Morgan fingerprint density at radius 3 is 2.50 bits per heavy atom. The molecule has 0 bridgehead atoms. The molecule has 0 radical (unpaired) electrons. The Labute approximate surface area is 67.4 Å². The molecule has 3 heteroatoms. The molecule has 0 aliphatic carbocycles. The van der Waals surface area contributed by atoms with Crippen molar-refractivity contribution in [1.82, 2.24) is 5.32 Å². The lowest BCUT2D eigenvalue weighted by molar-refractivity contribution is 0.194. The molecule has 0 aromatic heterocycles. The molecular formula is C7H17NOS. The summed E-state index contributed by atoms with van der Waals surface area (Å²) < 4.78 is 0. The zero-order valence-corrected chi connectivity index (χ0v) is 7.79.